The van der Waals surface area contributed by atoms with Gasteiger partial charge >= 0.3 is 0 Å². The van der Waals surface area contributed by atoms with Gasteiger partial charge in [0.25, 0.3) is 0 Å². The topological polar surface area (TPSA) is 77.7 Å². The zero-order chi connectivity index (χ0) is 21.2. The van der Waals surface area contributed by atoms with E-state index in [-0.39, 0.29) is 24.5 Å². The summed E-state index contributed by atoms with van der Waals surface area (Å²) in [5.74, 6) is 2.88. The molecule has 2 aliphatic rings. The van der Waals surface area contributed by atoms with Gasteiger partial charge in [0, 0.05) is 24.6 Å². The minimum Gasteiger partial charge on any atom is -0.454 e. The first-order valence-electron chi connectivity index (χ1n) is 10.8. The summed E-state index contributed by atoms with van der Waals surface area (Å²) in [5, 5.41) is 4.16. The Morgan fingerprint density at radius 2 is 1.87 bits per heavy atom. The molecule has 0 saturated carbocycles. The Balaban J connectivity index is 1.23. The Morgan fingerprint density at radius 3 is 2.65 bits per heavy atom. The summed E-state index contributed by atoms with van der Waals surface area (Å²) < 4.78 is 16.4. The second-order valence-corrected chi connectivity index (χ2v) is 8.00. The van der Waals surface area contributed by atoms with E-state index in [1.807, 2.05) is 53.4 Å². The van der Waals surface area contributed by atoms with Crippen LogP contribution in [0.4, 0.5) is 0 Å². The number of piperidine rings is 1. The van der Waals surface area contributed by atoms with Crippen LogP contribution in [0.3, 0.4) is 0 Å². The van der Waals surface area contributed by atoms with E-state index >= 15 is 0 Å². The lowest BCUT2D eigenvalue weighted by molar-refractivity contribution is -0.134. The molecular formula is C24H25N3O4. The molecule has 5 rings (SSSR count). The maximum Gasteiger partial charge on any atom is 0.231 e. The molecule has 1 aromatic heterocycles. The SMILES string of the molecule is CC[C@H](C(=O)N1CCC(c2nc(-c3ccc4c(c3)OCO4)no2)CC1)c1ccccc1. The molecule has 2 aromatic carbocycles. The summed E-state index contributed by atoms with van der Waals surface area (Å²) >= 11 is 0. The van der Waals surface area contributed by atoms with E-state index in [1.165, 1.54) is 0 Å². The van der Waals surface area contributed by atoms with Crippen molar-refractivity contribution in [1.82, 2.24) is 15.0 Å². The van der Waals surface area contributed by atoms with Gasteiger partial charge in [-0.05, 0) is 43.0 Å². The molecule has 0 bridgehead atoms. The van der Waals surface area contributed by atoms with Crippen LogP contribution in [0.2, 0.25) is 0 Å². The highest BCUT2D eigenvalue weighted by Gasteiger charge is 2.31. The van der Waals surface area contributed by atoms with E-state index in [0.29, 0.717) is 30.6 Å². The lowest BCUT2D eigenvalue weighted by Crippen LogP contribution is -2.40. The number of rotatable bonds is 5. The molecule has 160 valence electrons. The fourth-order valence-corrected chi connectivity index (χ4v) is 4.36. The lowest BCUT2D eigenvalue weighted by atomic mass is 9.92. The maximum atomic E-state index is 13.1. The van der Waals surface area contributed by atoms with Crippen molar-refractivity contribution < 1.29 is 18.8 Å². The van der Waals surface area contributed by atoms with Gasteiger partial charge in [-0.15, -0.1) is 0 Å². The van der Waals surface area contributed by atoms with Crippen molar-refractivity contribution >= 4 is 5.91 Å². The van der Waals surface area contributed by atoms with Crippen LogP contribution in [0, 0.1) is 0 Å². The molecule has 1 atom stereocenters. The van der Waals surface area contributed by atoms with Gasteiger partial charge in [0.05, 0.1) is 5.92 Å². The predicted molar refractivity (Wildman–Crippen MR) is 114 cm³/mol. The third-order valence-corrected chi connectivity index (χ3v) is 6.14. The predicted octanol–water partition coefficient (Wildman–Crippen LogP) is 4.37. The number of hydrogen-bond donors (Lipinski definition) is 0. The van der Waals surface area contributed by atoms with Gasteiger partial charge in [0.15, 0.2) is 11.5 Å². The Kier molecular flexibility index (Phi) is 5.32. The number of nitrogens with zero attached hydrogens (tertiary/aromatic N) is 3. The van der Waals surface area contributed by atoms with Gasteiger partial charge in [-0.1, -0.05) is 42.4 Å². The average molecular weight is 419 g/mol. The van der Waals surface area contributed by atoms with Crippen LogP contribution in [0.1, 0.15) is 49.5 Å². The van der Waals surface area contributed by atoms with Crippen LogP contribution >= 0.6 is 0 Å². The van der Waals surface area contributed by atoms with Crippen molar-refractivity contribution in [3.05, 3.63) is 60.0 Å². The molecule has 3 aromatic rings. The van der Waals surface area contributed by atoms with Crippen LogP contribution in [0.5, 0.6) is 11.5 Å². The number of likely N-dealkylation sites (tertiary alicyclic amines) is 1. The first-order valence-corrected chi connectivity index (χ1v) is 10.8. The summed E-state index contributed by atoms with van der Waals surface area (Å²) in [6, 6.07) is 15.7. The molecule has 0 aliphatic carbocycles. The number of ether oxygens (including phenoxy) is 2. The average Bonchev–Trinajstić information content (AvgIpc) is 3.50. The van der Waals surface area contributed by atoms with Crippen LogP contribution in [-0.2, 0) is 4.79 Å². The Morgan fingerprint density at radius 1 is 1.10 bits per heavy atom. The number of carbonyl (C=O) groups is 1. The molecule has 1 amide bonds. The van der Waals surface area contributed by atoms with E-state index in [4.69, 9.17) is 14.0 Å². The smallest absolute Gasteiger partial charge is 0.231 e. The number of benzene rings is 2. The third kappa shape index (κ3) is 3.87. The second-order valence-electron chi connectivity index (χ2n) is 8.00. The third-order valence-electron chi connectivity index (χ3n) is 6.14. The van der Waals surface area contributed by atoms with Gasteiger partial charge in [0.1, 0.15) is 0 Å². The molecule has 3 heterocycles. The normalized spacial score (nSPS) is 17.0. The fraction of sp³-hybridized carbons (Fsp3) is 0.375. The quantitative estimate of drug-likeness (QED) is 0.611. The number of amides is 1. The summed E-state index contributed by atoms with van der Waals surface area (Å²) in [4.78, 5) is 19.7. The highest BCUT2D eigenvalue weighted by Crippen LogP contribution is 2.36. The summed E-state index contributed by atoms with van der Waals surface area (Å²) in [7, 11) is 0. The minimum absolute atomic E-state index is 0.0845. The molecule has 0 radical (unpaired) electrons. The van der Waals surface area contributed by atoms with Crippen molar-refractivity contribution in [2.75, 3.05) is 19.9 Å². The first-order chi connectivity index (χ1) is 15.2. The van der Waals surface area contributed by atoms with E-state index < -0.39 is 0 Å². The Bertz CT molecular complexity index is 1060. The maximum absolute atomic E-state index is 13.1. The van der Waals surface area contributed by atoms with Gasteiger partial charge in [-0.25, -0.2) is 0 Å². The number of carbonyl (C=O) groups excluding carboxylic acids is 1. The lowest BCUT2D eigenvalue weighted by Gasteiger charge is -2.33. The highest BCUT2D eigenvalue weighted by atomic mass is 16.7. The van der Waals surface area contributed by atoms with E-state index in [2.05, 4.69) is 17.1 Å². The zero-order valence-corrected chi connectivity index (χ0v) is 17.5. The molecule has 0 spiro atoms. The largest absolute Gasteiger partial charge is 0.454 e. The molecule has 1 saturated heterocycles. The molecule has 7 nitrogen and oxygen atoms in total. The van der Waals surface area contributed by atoms with Gasteiger partial charge < -0.3 is 18.9 Å². The van der Waals surface area contributed by atoms with Crippen LogP contribution in [0.25, 0.3) is 11.4 Å². The van der Waals surface area contributed by atoms with E-state index in [1.54, 1.807) is 0 Å². The molecule has 2 aliphatic heterocycles. The highest BCUT2D eigenvalue weighted by molar-refractivity contribution is 5.83. The molecule has 7 heteroatoms. The second kappa shape index (κ2) is 8.41. The van der Waals surface area contributed by atoms with E-state index in [0.717, 1.165) is 36.1 Å². The summed E-state index contributed by atoms with van der Waals surface area (Å²) in [5.41, 5.74) is 1.92. The number of hydrogen-bond acceptors (Lipinski definition) is 6. The number of aromatic nitrogens is 2. The molecular weight excluding hydrogens is 394 g/mol. The van der Waals surface area contributed by atoms with Crippen LogP contribution < -0.4 is 9.47 Å². The van der Waals surface area contributed by atoms with Gasteiger partial charge in [0.2, 0.25) is 24.4 Å². The van der Waals surface area contributed by atoms with Gasteiger partial charge in [-0.3, -0.25) is 4.79 Å². The standard InChI is InChI=1S/C24H25N3O4/c1-2-19(16-6-4-3-5-7-16)24(28)27-12-10-17(11-13-27)23-25-22(26-31-23)18-8-9-20-21(14-18)30-15-29-20/h3-9,14,17,19H,2,10-13,15H2,1H3/t19-/m0/s1. The van der Waals surface area contributed by atoms with Crippen LogP contribution in [-0.4, -0.2) is 40.8 Å². The fourth-order valence-electron chi connectivity index (χ4n) is 4.36. The summed E-state index contributed by atoms with van der Waals surface area (Å²) in [6.07, 6.45) is 2.44. The molecule has 0 N–H and O–H groups in total. The van der Waals surface area contributed by atoms with Gasteiger partial charge in [-0.2, -0.15) is 4.98 Å². The molecule has 1 fully saturated rings. The summed E-state index contributed by atoms with van der Waals surface area (Å²) in [6.45, 7) is 3.71. The Labute approximate surface area is 181 Å². The minimum atomic E-state index is -0.0845. The first kappa shape index (κ1) is 19.6. The van der Waals surface area contributed by atoms with E-state index in [9.17, 15) is 4.79 Å². The van der Waals surface area contributed by atoms with Crippen molar-refractivity contribution in [1.29, 1.82) is 0 Å². The molecule has 31 heavy (non-hydrogen) atoms. The monoisotopic (exact) mass is 419 g/mol. The van der Waals surface area contributed by atoms with Crippen molar-refractivity contribution in [2.45, 2.75) is 38.0 Å². The van der Waals surface area contributed by atoms with Crippen molar-refractivity contribution in [3.63, 3.8) is 0 Å². The zero-order valence-electron chi connectivity index (χ0n) is 17.5. The Hall–Kier alpha value is -3.35. The van der Waals surface area contributed by atoms with Crippen molar-refractivity contribution in [3.8, 4) is 22.9 Å². The van der Waals surface area contributed by atoms with Crippen molar-refractivity contribution in [2.24, 2.45) is 0 Å². The van der Waals surface area contributed by atoms with Crippen LogP contribution in [0.15, 0.2) is 53.1 Å². The molecule has 0 unspecified atom stereocenters. The number of fused-ring (bicyclic) bond motifs is 1.